The molecule has 0 bridgehead atoms. The fraction of sp³-hybridized carbons (Fsp3) is 0.421. The predicted octanol–water partition coefficient (Wildman–Crippen LogP) is 3.25. The number of aliphatic imine (C=N–C) groups is 1. The number of nitrogens with zero attached hydrogens (tertiary/aromatic N) is 1. The lowest BCUT2D eigenvalue weighted by molar-refractivity contribution is 0.186. The summed E-state index contributed by atoms with van der Waals surface area (Å²) in [5, 5.41) is 7.52. The van der Waals surface area contributed by atoms with Crippen LogP contribution in [0.5, 0.6) is 0 Å². The second kappa shape index (κ2) is 9.49. The molecule has 3 rings (SSSR count). The molecule has 1 aromatic carbocycles. The van der Waals surface area contributed by atoms with Crippen LogP contribution in [0, 0.1) is 5.92 Å². The van der Waals surface area contributed by atoms with Gasteiger partial charge in [-0.05, 0) is 30.2 Å². The predicted molar refractivity (Wildman–Crippen MR) is 99.9 cm³/mol. The van der Waals surface area contributed by atoms with E-state index in [1.807, 2.05) is 36.4 Å². The summed E-state index contributed by atoms with van der Waals surface area (Å²) in [5.41, 5.74) is 1.01. The van der Waals surface area contributed by atoms with Crippen LogP contribution in [-0.4, -0.2) is 32.3 Å². The van der Waals surface area contributed by atoms with Crippen LogP contribution >= 0.6 is 11.6 Å². The van der Waals surface area contributed by atoms with E-state index in [1.165, 1.54) is 0 Å². The van der Waals surface area contributed by atoms with Crippen LogP contribution in [0.3, 0.4) is 0 Å². The Hall–Kier alpha value is -1.98. The largest absolute Gasteiger partial charge is 0.469 e. The molecule has 1 fully saturated rings. The number of ether oxygens (including phenoxy) is 1. The maximum absolute atomic E-state index is 6.22. The van der Waals surface area contributed by atoms with Gasteiger partial charge in [0.2, 0.25) is 0 Å². The highest BCUT2D eigenvalue weighted by atomic mass is 35.5. The van der Waals surface area contributed by atoms with Crippen molar-refractivity contribution in [1.82, 2.24) is 10.6 Å². The molecule has 1 unspecified atom stereocenters. The van der Waals surface area contributed by atoms with Crippen molar-refractivity contribution in [2.75, 3.05) is 26.3 Å². The first kappa shape index (κ1) is 17.8. The molecule has 2 heterocycles. The molecule has 5 nitrogen and oxygen atoms in total. The van der Waals surface area contributed by atoms with Gasteiger partial charge in [0.25, 0.3) is 0 Å². The zero-order valence-electron chi connectivity index (χ0n) is 14.2. The average Bonchev–Trinajstić information content (AvgIpc) is 3.32. The summed E-state index contributed by atoms with van der Waals surface area (Å²) in [4.78, 5) is 4.67. The molecule has 0 radical (unpaired) electrons. The second-order valence-corrected chi connectivity index (χ2v) is 6.53. The van der Waals surface area contributed by atoms with Crippen LogP contribution in [0.2, 0.25) is 5.02 Å². The first-order valence-corrected chi connectivity index (χ1v) is 9.05. The maximum atomic E-state index is 6.22. The molecular weight excluding hydrogens is 338 g/mol. The Morgan fingerprint density at radius 1 is 1.20 bits per heavy atom. The molecular formula is C19H24ClN3O2. The minimum atomic E-state index is 0.539. The lowest BCUT2D eigenvalue weighted by Gasteiger charge is -2.15. The SMILES string of the molecule is Clc1ccccc1CN=C(NCCc1ccco1)NCC1CCOC1. The van der Waals surface area contributed by atoms with Crippen molar-refractivity contribution in [1.29, 1.82) is 0 Å². The Morgan fingerprint density at radius 2 is 2.12 bits per heavy atom. The smallest absolute Gasteiger partial charge is 0.191 e. The first-order valence-electron chi connectivity index (χ1n) is 8.67. The highest BCUT2D eigenvalue weighted by Crippen LogP contribution is 2.15. The average molecular weight is 362 g/mol. The zero-order valence-corrected chi connectivity index (χ0v) is 15.0. The molecule has 2 N–H and O–H groups in total. The van der Waals surface area contributed by atoms with Crippen LogP contribution in [0.1, 0.15) is 17.7 Å². The fourth-order valence-electron chi connectivity index (χ4n) is 2.71. The van der Waals surface area contributed by atoms with Crippen molar-refractivity contribution < 1.29 is 9.15 Å². The Morgan fingerprint density at radius 3 is 2.88 bits per heavy atom. The van der Waals surface area contributed by atoms with Gasteiger partial charge in [-0.2, -0.15) is 0 Å². The summed E-state index contributed by atoms with van der Waals surface area (Å²) >= 11 is 6.22. The van der Waals surface area contributed by atoms with Crippen LogP contribution in [0.25, 0.3) is 0 Å². The standard InChI is InChI=1S/C19H24ClN3O2/c20-18-6-2-1-4-16(18)13-23-19(22-12-15-8-11-24-14-15)21-9-7-17-5-3-10-25-17/h1-6,10,15H,7-9,11-14H2,(H2,21,22,23). The van der Waals surface area contributed by atoms with Gasteiger partial charge < -0.3 is 19.8 Å². The Kier molecular flexibility index (Phi) is 6.77. The fourth-order valence-corrected chi connectivity index (χ4v) is 2.90. The molecule has 2 aromatic rings. The van der Waals surface area contributed by atoms with Crippen molar-refractivity contribution in [2.45, 2.75) is 19.4 Å². The summed E-state index contributed by atoms with van der Waals surface area (Å²) in [7, 11) is 0. The molecule has 1 saturated heterocycles. The van der Waals surface area contributed by atoms with Crippen LogP contribution in [0.15, 0.2) is 52.1 Å². The van der Waals surface area contributed by atoms with E-state index < -0.39 is 0 Å². The normalized spacial score (nSPS) is 17.6. The van der Waals surface area contributed by atoms with E-state index >= 15 is 0 Å². The molecule has 1 aromatic heterocycles. The van der Waals surface area contributed by atoms with Crippen LogP contribution in [-0.2, 0) is 17.7 Å². The van der Waals surface area contributed by atoms with Gasteiger partial charge in [-0.3, -0.25) is 0 Å². The van der Waals surface area contributed by atoms with Gasteiger partial charge in [0.1, 0.15) is 5.76 Å². The topological polar surface area (TPSA) is 58.8 Å². The van der Waals surface area contributed by atoms with Crippen LogP contribution < -0.4 is 10.6 Å². The van der Waals surface area contributed by atoms with Crippen LogP contribution in [0.4, 0.5) is 0 Å². The number of benzene rings is 1. The Bertz CT molecular complexity index is 667. The molecule has 0 amide bonds. The van der Waals surface area contributed by atoms with Crippen molar-refractivity contribution in [3.05, 3.63) is 59.0 Å². The zero-order chi connectivity index (χ0) is 17.3. The summed E-state index contributed by atoms with van der Waals surface area (Å²) in [5.74, 6) is 2.29. The van der Waals surface area contributed by atoms with Crippen molar-refractivity contribution in [3.8, 4) is 0 Å². The maximum Gasteiger partial charge on any atom is 0.191 e. The minimum absolute atomic E-state index is 0.539. The number of hydrogen-bond acceptors (Lipinski definition) is 3. The van der Waals surface area contributed by atoms with Gasteiger partial charge in [-0.1, -0.05) is 29.8 Å². The minimum Gasteiger partial charge on any atom is -0.469 e. The van der Waals surface area contributed by atoms with E-state index in [1.54, 1.807) is 6.26 Å². The summed E-state index contributed by atoms with van der Waals surface area (Å²) in [6, 6.07) is 11.7. The highest BCUT2D eigenvalue weighted by Gasteiger charge is 2.15. The molecule has 25 heavy (non-hydrogen) atoms. The number of rotatable bonds is 7. The molecule has 0 spiro atoms. The van der Waals surface area contributed by atoms with Gasteiger partial charge >= 0.3 is 0 Å². The molecule has 134 valence electrons. The van der Waals surface area contributed by atoms with Crippen molar-refractivity contribution in [3.63, 3.8) is 0 Å². The lowest BCUT2D eigenvalue weighted by Crippen LogP contribution is -2.40. The lowest BCUT2D eigenvalue weighted by atomic mass is 10.1. The van der Waals surface area contributed by atoms with E-state index in [0.717, 1.165) is 61.5 Å². The third-order valence-corrected chi connectivity index (χ3v) is 4.56. The molecule has 1 atom stereocenters. The van der Waals surface area contributed by atoms with Crippen molar-refractivity contribution >= 4 is 17.6 Å². The van der Waals surface area contributed by atoms with E-state index in [-0.39, 0.29) is 0 Å². The third-order valence-electron chi connectivity index (χ3n) is 4.19. The quantitative estimate of drug-likeness (QED) is 0.587. The first-order chi connectivity index (χ1) is 12.3. The number of guanidine groups is 1. The van der Waals surface area contributed by atoms with Gasteiger partial charge in [0.15, 0.2) is 5.96 Å². The number of hydrogen-bond donors (Lipinski definition) is 2. The number of nitrogens with one attached hydrogen (secondary N) is 2. The van der Waals surface area contributed by atoms with Crippen molar-refractivity contribution in [2.24, 2.45) is 10.9 Å². The number of halogens is 1. The monoisotopic (exact) mass is 361 g/mol. The summed E-state index contributed by atoms with van der Waals surface area (Å²) < 4.78 is 10.8. The van der Waals surface area contributed by atoms with E-state index in [0.29, 0.717) is 12.5 Å². The van der Waals surface area contributed by atoms with Gasteiger partial charge in [0, 0.05) is 37.1 Å². The summed E-state index contributed by atoms with van der Waals surface area (Å²) in [6.07, 6.45) is 3.60. The molecule has 1 aliphatic rings. The molecule has 1 aliphatic heterocycles. The van der Waals surface area contributed by atoms with E-state index in [2.05, 4.69) is 15.6 Å². The highest BCUT2D eigenvalue weighted by molar-refractivity contribution is 6.31. The second-order valence-electron chi connectivity index (χ2n) is 6.12. The van der Waals surface area contributed by atoms with Gasteiger partial charge in [0.05, 0.1) is 19.4 Å². The third kappa shape index (κ3) is 5.80. The Labute approximate surface area is 153 Å². The van der Waals surface area contributed by atoms with E-state index in [4.69, 9.17) is 20.8 Å². The molecule has 0 saturated carbocycles. The number of furan rings is 1. The summed E-state index contributed by atoms with van der Waals surface area (Å²) in [6.45, 7) is 3.82. The Balaban J connectivity index is 1.55. The van der Waals surface area contributed by atoms with E-state index in [9.17, 15) is 0 Å². The molecule has 6 heteroatoms. The van der Waals surface area contributed by atoms with Gasteiger partial charge in [-0.25, -0.2) is 4.99 Å². The molecule has 0 aliphatic carbocycles. The van der Waals surface area contributed by atoms with Gasteiger partial charge in [-0.15, -0.1) is 0 Å².